The third-order valence-electron chi connectivity index (χ3n) is 4.66. The standard InChI is InChI=1S/C22H30N2O4S/c1-7-20(22(25)23-21-16(4)13-15(3)14-17(21)5)24(29(6,26)27)18-9-11-19(12-10-18)28-8-2/h9-14,20H,7-8H2,1-6H3,(H,23,25). The van der Waals surface area contributed by atoms with Gasteiger partial charge in [-0.25, -0.2) is 8.42 Å². The maximum Gasteiger partial charge on any atom is 0.248 e. The van der Waals surface area contributed by atoms with Crippen LogP contribution in [-0.4, -0.2) is 33.2 Å². The van der Waals surface area contributed by atoms with Crippen molar-refractivity contribution < 1.29 is 17.9 Å². The first-order valence-electron chi connectivity index (χ1n) is 9.69. The number of carbonyl (C=O) groups is 1. The number of amides is 1. The van der Waals surface area contributed by atoms with Gasteiger partial charge in [0.25, 0.3) is 0 Å². The van der Waals surface area contributed by atoms with Crippen molar-refractivity contribution in [1.29, 1.82) is 0 Å². The van der Waals surface area contributed by atoms with E-state index >= 15 is 0 Å². The van der Waals surface area contributed by atoms with E-state index in [4.69, 9.17) is 4.74 Å². The summed E-state index contributed by atoms with van der Waals surface area (Å²) in [6, 6.07) is 9.83. The molecule has 0 fully saturated rings. The summed E-state index contributed by atoms with van der Waals surface area (Å²) in [6.07, 6.45) is 1.44. The summed E-state index contributed by atoms with van der Waals surface area (Å²) in [6.45, 7) is 10.0. The molecule has 1 atom stereocenters. The van der Waals surface area contributed by atoms with Gasteiger partial charge in [-0.1, -0.05) is 24.6 Å². The molecule has 1 unspecified atom stereocenters. The zero-order valence-corrected chi connectivity index (χ0v) is 18.8. The van der Waals surface area contributed by atoms with Gasteiger partial charge in [-0.2, -0.15) is 0 Å². The van der Waals surface area contributed by atoms with Gasteiger partial charge < -0.3 is 10.1 Å². The van der Waals surface area contributed by atoms with Crippen molar-refractivity contribution in [2.45, 2.75) is 47.1 Å². The van der Waals surface area contributed by atoms with E-state index in [0.717, 1.165) is 28.6 Å². The Bertz CT molecular complexity index is 946. The van der Waals surface area contributed by atoms with E-state index < -0.39 is 16.1 Å². The normalized spacial score (nSPS) is 12.3. The van der Waals surface area contributed by atoms with Gasteiger partial charge in [0.05, 0.1) is 18.6 Å². The molecule has 0 saturated carbocycles. The lowest BCUT2D eigenvalue weighted by Crippen LogP contribution is -2.47. The molecule has 2 aromatic rings. The minimum absolute atomic E-state index is 0.329. The number of sulfonamides is 1. The van der Waals surface area contributed by atoms with E-state index in [0.29, 0.717) is 24.5 Å². The van der Waals surface area contributed by atoms with Crippen molar-refractivity contribution in [1.82, 2.24) is 0 Å². The fraction of sp³-hybridized carbons (Fsp3) is 0.409. The summed E-state index contributed by atoms with van der Waals surface area (Å²) in [5, 5.41) is 2.94. The van der Waals surface area contributed by atoms with Gasteiger partial charge in [-0.15, -0.1) is 0 Å². The molecule has 158 valence electrons. The van der Waals surface area contributed by atoms with E-state index in [1.807, 2.05) is 39.8 Å². The lowest BCUT2D eigenvalue weighted by Gasteiger charge is -2.30. The minimum atomic E-state index is -3.69. The fourth-order valence-corrected chi connectivity index (χ4v) is 4.71. The van der Waals surface area contributed by atoms with Crippen LogP contribution in [0.25, 0.3) is 0 Å². The lowest BCUT2D eigenvalue weighted by atomic mass is 10.0. The lowest BCUT2D eigenvalue weighted by molar-refractivity contribution is -0.117. The summed E-state index contributed by atoms with van der Waals surface area (Å²) in [7, 11) is -3.69. The average Bonchev–Trinajstić information content (AvgIpc) is 2.62. The van der Waals surface area contributed by atoms with Crippen LogP contribution in [0.15, 0.2) is 36.4 Å². The number of aryl methyl sites for hydroxylation is 3. The van der Waals surface area contributed by atoms with Gasteiger partial charge in [0.1, 0.15) is 11.8 Å². The predicted octanol–water partition coefficient (Wildman–Crippen LogP) is 4.19. The van der Waals surface area contributed by atoms with Gasteiger partial charge in [-0.3, -0.25) is 9.10 Å². The van der Waals surface area contributed by atoms with Crippen molar-refractivity contribution in [3.63, 3.8) is 0 Å². The second kappa shape index (κ2) is 9.31. The quantitative estimate of drug-likeness (QED) is 0.697. The first-order valence-corrected chi connectivity index (χ1v) is 11.5. The van der Waals surface area contributed by atoms with E-state index in [2.05, 4.69) is 5.32 Å². The molecule has 0 aliphatic rings. The van der Waals surface area contributed by atoms with Crippen LogP contribution in [0, 0.1) is 20.8 Å². The third-order valence-corrected chi connectivity index (χ3v) is 5.84. The summed E-state index contributed by atoms with van der Waals surface area (Å²) in [5.74, 6) is 0.287. The highest BCUT2D eigenvalue weighted by molar-refractivity contribution is 7.92. The molecule has 0 aliphatic heterocycles. The number of hydrogen-bond donors (Lipinski definition) is 1. The number of nitrogens with zero attached hydrogens (tertiary/aromatic N) is 1. The molecule has 0 radical (unpaired) electrons. The first-order chi connectivity index (χ1) is 13.6. The van der Waals surface area contributed by atoms with Crippen LogP contribution >= 0.6 is 0 Å². The molecule has 2 aromatic carbocycles. The van der Waals surface area contributed by atoms with Crippen molar-refractivity contribution in [2.75, 3.05) is 22.5 Å². The number of hydrogen-bond acceptors (Lipinski definition) is 4. The third kappa shape index (κ3) is 5.50. The molecule has 0 saturated heterocycles. The summed E-state index contributed by atoms with van der Waals surface area (Å²) < 4.78 is 31.8. The van der Waals surface area contributed by atoms with Crippen molar-refractivity contribution >= 4 is 27.3 Å². The van der Waals surface area contributed by atoms with Gasteiger partial charge in [0, 0.05) is 5.69 Å². The molecule has 0 aromatic heterocycles. The van der Waals surface area contributed by atoms with Gasteiger partial charge >= 0.3 is 0 Å². The molecular formula is C22H30N2O4S. The van der Waals surface area contributed by atoms with Crippen LogP contribution in [0.2, 0.25) is 0 Å². The zero-order valence-electron chi connectivity index (χ0n) is 17.9. The van der Waals surface area contributed by atoms with Crippen LogP contribution in [0.5, 0.6) is 5.75 Å². The van der Waals surface area contributed by atoms with Gasteiger partial charge in [0.15, 0.2) is 0 Å². The number of anilines is 2. The number of rotatable bonds is 8. The highest BCUT2D eigenvalue weighted by Crippen LogP contribution is 2.27. The van der Waals surface area contributed by atoms with E-state index in [9.17, 15) is 13.2 Å². The molecule has 0 heterocycles. The van der Waals surface area contributed by atoms with Crippen molar-refractivity contribution in [3.05, 3.63) is 53.1 Å². The summed E-state index contributed by atoms with van der Waals surface area (Å²) >= 11 is 0. The van der Waals surface area contributed by atoms with Crippen LogP contribution < -0.4 is 14.4 Å². The molecule has 0 bridgehead atoms. The minimum Gasteiger partial charge on any atom is -0.494 e. The van der Waals surface area contributed by atoms with Gasteiger partial charge in [-0.05, 0) is 69.5 Å². The molecule has 1 N–H and O–H groups in total. The van der Waals surface area contributed by atoms with E-state index in [-0.39, 0.29) is 5.91 Å². The second-order valence-electron chi connectivity index (χ2n) is 7.17. The van der Waals surface area contributed by atoms with E-state index in [1.54, 1.807) is 31.2 Å². The molecule has 29 heavy (non-hydrogen) atoms. The van der Waals surface area contributed by atoms with Crippen LogP contribution in [0.3, 0.4) is 0 Å². The van der Waals surface area contributed by atoms with E-state index in [1.165, 1.54) is 4.31 Å². The molecule has 1 amide bonds. The first kappa shape index (κ1) is 22.7. The molecule has 2 rings (SSSR count). The van der Waals surface area contributed by atoms with Crippen LogP contribution in [0.1, 0.15) is 37.0 Å². The van der Waals surface area contributed by atoms with Crippen molar-refractivity contribution in [3.8, 4) is 5.75 Å². The molecule has 0 spiro atoms. The molecular weight excluding hydrogens is 388 g/mol. The monoisotopic (exact) mass is 418 g/mol. The van der Waals surface area contributed by atoms with Crippen LogP contribution in [0.4, 0.5) is 11.4 Å². The predicted molar refractivity (Wildman–Crippen MR) is 118 cm³/mol. The fourth-order valence-electron chi connectivity index (χ4n) is 3.50. The second-order valence-corrected chi connectivity index (χ2v) is 9.03. The zero-order chi connectivity index (χ0) is 21.8. The summed E-state index contributed by atoms with van der Waals surface area (Å²) in [5.41, 5.74) is 4.14. The Morgan fingerprint density at radius 2 is 1.62 bits per heavy atom. The molecule has 6 nitrogen and oxygen atoms in total. The maximum absolute atomic E-state index is 13.1. The topological polar surface area (TPSA) is 75.7 Å². The maximum atomic E-state index is 13.1. The Morgan fingerprint density at radius 3 is 2.07 bits per heavy atom. The number of carbonyl (C=O) groups excluding carboxylic acids is 1. The smallest absolute Gasteiger partial charge is 0.248 e. The summed E-state index contributed by atoms with van der Waals surface area (Å²) in [4.78, 5) is 13.1. The van der Waals surface area contributed by atoms with Crippen LogP contribution in [-0.2, 0) is 14.8 Å². The Morgan fingerprint density at radius 1 is 1.07 bits per heavy atom. The Kier molecular flexibility index (Phi) is 7.30. The number of benzene rings is 2. The van der Waals surface area contributed by atoms with Gasteiger partial charge in [0.2, 0.25) is 15.9 Å². The molecule has 7 heteroatoms. The highest BCUT2D eigenvalue weighted by atomic mass is 32.2. The Labute approximate surface area is 173 Å². The number of nitrogens with one attached hydrogen (secondary N) is 1. The number of ether oxygens (including phenoxy) is 1. The highest BCUT2D eigenvalue weighted by Gasteiger charge is 2.32. The SMILES string of the molecule is CCOc1ccc(N(C(CC)C(=O)Nc2c(C)cc(C)cc2C)S(C)(=O)=O)cc1. The average molecular weight is 419 g/mol. The Hall–Kier alpha value is -2.54. The largest absolute Gasteiger partial charge is 0.494 e. The van der Waals surface area contributed by atoms with Crippen molar-refractivity contribution in [2.24, 2.45) is 0 Å². The molecule has 0 aliphatic carbocycles. The Balaban J connectivity index is 2.40.